The lowest BCUT2D eigenvalue weighted by Crippen LogP contribution is -2.42. The third-order valence-corrected chi connectivity index (χ3v) is 7.86. The van der Waals surface area contributed by atoms with Gasteiger partial charge in [-0.05, 0) is 79.2 Å². The van der Waals surface area contributed by atoms with E-state index >= 15 is 0 Å². The Morgan fingerprint density at radius 3 is 1.12 bits per heavy atom. The Balaban J connectivity index is 2.09. The summed E-state index contributed by atoms with van der Waals surface area (Å²) in [5.41, 5.74) is -0.732. The molecular formula is C22H36B2O8. The van der Waals surface area contributed by atoms with Crippen molar-refractivity contribution in [3.05, 3.63) is 10.9 Å². The second-order valence-electron chi connectivity index (χ2n) is 10.9. The third-order valence-electron chi connectivity index (χ3n) is 7.86. The van der Waals surface area contributed by atoms with E-state index in [4.69, 9.17) is 28.1 Å². The molecule has 0 unspecified atom stereocenters. The molecule has 0 aromatic rings. The lowest BCUT2D eigenvalue weighted by molar-refractivity contribution is -0.157. The van der Waals surface area contributed by atoms with Crippen LogP contribution in [0.25, 0.3) is 0 Å². The van der Waals surface area contributed by atoms with Gasteiger partial charge in [-0.2, -0.15) is 0 Å². The van der Waals surface area contributed by atoms with Gasteiger partial charge in [0, 0.05) is 0 Å². The minimum atomic E-state index is -0.715. The van der Waals surface area contributed by atoms with Crippen LogP contribution in [0.3, 0.4) is 0 Å². The summed E-state index contributed by atoms with van der Waals surface area (Å²) in [6, 6.07) is 0. The summed E-state index contributed by atoms with van der Waals surface area (Å²) in [4.78, 5) is 25.3. The van der Waals surface area contributed by atoms with Crippen LogP contribution in [0.4, 0.5) is 0 Å². The molecule has 32 heavy (non-hydrogen) atoms. The fraction of sp³-hybridized carbons (Fsp3) is 0.818. The Morgan fingerprint density at radius 1 is 0.656 bits per heavy atom. The fourth-order valence-electron chi connectivity index (χ4n) is 4.28. The third kappa shape index (κ3) is 4.15. The number of methoxy groups -OCH3 is 2. The predicted octanol–water partition coefficient (Wildman–Crippen LogP) is 2.92. The van der Waals surface area contributed by atoms with E-state index in [9.17, 15) is 9.59 Å². The van der Waals surface area contributed by atoms with Crippen molar-refractivity contribution in [2.75, 3.05) is 14.2 Å². The van der Waals surface area contributed by atoms with Gasteiger partial charge in [-0.25, -0.2) is 0 Å². The molecule has 2 aliphatic heterocycles. The summed E-state index contributed by atoms with van der Waals surface area (Å²) in [7, 11) is 1.25. The van der Waals surface area contributed by atoms with Gasteiger partial charge in [0.1, 0.15) is 0 Å². The predicted molar refractivity (Wildman–Crippen MR) is 119 cm³/mol. The molecule has 8 nitrogen and oxygen atoms in total. The maximum atomic E-state index is 12.7. The highest BCUT2D eigenvalue weighted by molar-refractivity contribution is 6.62. The second kappa shape index (κ2) is 8.15. The van der Waals surface area contributed by atoms with Gasteiger partial charge in [0.25, 0.3) is 0 Å². The van der Waals surface area contributed by atoms with Crippen molar-refractivity contribution in [2.45, 2.75) is 90.6 Å². The number of rotatable bonds is 4. The number of ether oxygens (including phenoxy) is 2. The van der Waals surface area contributed by atoms with Crippen molar-refractivity contribution in [2.24, 2.45) is 11.8 Å². The summed E-state index contributed by atoms with van der Waals surface area (Å²) < 4.78 is 35.3. The summed E-state index contributed by atoms with van der Waals surface area (Å²) >= 11 is 0. The molecule has 2 heterocycles. The first-order valence-corrected chi connectivity index (χ1v) is 11.2. The summed E-state index contributed by atoms with van der Waals surface area (Å²) in [6.07, 6.45) is 0.450. The summed E-state index contributed by atoms with van der Waals surface area (Å²) in [6.45, 7) is 15.8. The molecule has 2 atom stereocenters. The largest absolute Gasteiger partial charge is 0.489 e. The minimum absolute atomic E-state index is 0.225. The van der Waals surface area contributed by atoms with E-state index in [1.807, 2.05) is 55.4 Å². The topological polar surface area (TPSA) is 89.5 Å². The Morgan fingerprint density at radius 2 is 0.906 bits per heavy atom. The zero-order chi connectivity index (χ0) is 24.3. The zero-order valence-corrected chi connectivity index (χ0v) is 21.0. The molecule has 0 saturated carbocycles. The zero-order valence-electron chi connectivity index (χ0n) is 21.0. The first-order chi connectivity index (χ1) is 14.6. The van der Waals surface area contributed by atoms with Crippen molar-refractivity contribution < 1.29 is 37.7 Å². The van der Waals surface area contributed by atoms with Crippen molar-refractivity contribution in [3.63, 3.8) is 0 Å². The molecule has 0 spiro atoms. The van der Waals surface area contributed by atoms with Crippen molar-refractivity contribution in [1.29, 1.82) is 0 Å². The molecule has 0 N–H and O–H groups in total. The van der Waals surface area contributed by atoms with Crippen LogP contribution < -0.4 is 0 Å². The van der Waals surface area contributed by atoms with Crippen LogP contribution in [-0.4, -0.2) is 62.8 Å². The van der Waals surface area contributed by atoms with Crippen LogP contribution in [0.15, 0.2) is 10.9 Å². The Kier molecular flexibility index (Phi) is 6.44. The number of hydrogen-bond donors (Lipinski definition) is 0. The highest BCUT2D eigenvalue weighted by Gasteiger charge is 2.59. The highest BCUT2D eigenvalue weighted by atomic mass is 16.7. The van der Waals surface area contributed by atoms with Gasteiger partial charge in [-0.15, -0.1) is 0 Å². The first kappa shape index (κ1) is 25.3. The van der Waals surface area contributed by atoms with Crippen LogP contribution in [0, 0.1) is 11.8 Å². The van der Waals surface area contributed by atoms with Crippen LogP contribution in [-0.2, 0) is 37.7 Å². The molecule has 3 aliphatic rings. The van der Waals surface area contributed by atoms with Gasteiger partial charge in [0.15, 0.2) is 0 Å². The van der Waals surface area contributed by atoms with Gasteiger partial charge < -0.3 is 28.1 Å². The van der Waals surface area contributed by atoms with Gasteiger partial charge in [0.05, 0.1) is 48.5 Å². The molecule has 3 rings (SSSR count). The van der Waals surface area contributed by atoms with E-state index < -0.39 is 60.4 Å². The van der Waals surface area contributed by atoms with Crippen molar-refractivity contribution >= 4 is 26.2 Å². The maximum Gasteiger partial charge on any atom is 0.489 e. The van der Waals surface area contributed by atoms with Gasteiger partial charge in [0.2, 0.25) is 0 Å². The number of carbonyl (C=O) groups excluding carboxylic acids is 2. The van der Waals surface area contributed by atoms with E-state index in [2.05, 4.69) is 0 Å². The van der Waals surface area contributed by atoms with Gasteiger partial charge >= 0.3 is 26.2 Å². The average Bonchev–Trinajstić information content (AvgIpc) is 3.05. The van der Waals surface area contributed by atoms with Crippen molar-refractivity contribution in [3.8, 4) is 0 Å². The molecule has 2 fully saturated rings. The normalized spacial score (nSPS) is 30.4. The molecular weight excluding hydrogens is 414 g/mol. The minimum Gasteiger partial charge on any atom is -0.469 e. The quantitative estimate of drug-likeness (QED) is 0.478. The first-order valence-electron chi connectivity index (χ1n) is 11.2. The Hall–Kier alpha value is -1.35. The van der Waals surface area contributed by atoms with E-state index in [1.165, 1.54) is 14.2 Å². The summed E-state index contributed by atoms with van der Waals surface area (Å²) in [5.74, 6) is -2.37. The molecule has 10 heteroatoms. The van der Waals surface area contributed by atoms with Crippen molar-refractivity contribution in [1.82, 2.24) is 0 Å². The smallest absolute Gasteiger partial charge is 0.469 e. The highest BCUT2D eigenvalue weighted by Crippen LogP contribution is 2.47. The Labute approximate surface area is 191 Å². The SMILES string of the molecule is COC(=O)[C@H]1CC(B2OC(C)(C)C(C)(C)O2)=C(B2OC(C)(C)C(C)(C)O2)C[C@H]1C(=O)OC. The van der Waals surface area contributed by atoms with Crippen LogP contribution in [0.1, 0.15) is 68.2 Å². The lowest BCUT2D eigenvalue weighted by Gasteiger charge is -2.33. The van der Waals surface area contributed by atoms with Crippen LogP contribution >= 0.6 is 0 Å². The van der Waals surface area contributed by atoms with Gasteiger partial charge in [-0.1, -0.05) is 0 Å². The average molecular weight is 450 g/mol. The van der Waals surface area contributed by atoms with E-state index in [0.717, 1.165) is 10.9 Å². The molecule has 0 radical (unpaired) electrons. The lowest BCUT2D eigenvalue weighted by atomic mass is 9.55. The monoisotopic (exact) mass is 450 g/mol. The molecule has 0 aromatic carbocycles. The standard InChI is InChI=1S/C22H36B2O8/c1-19(2)20(3,4)30-23(29-19)15-11-13(17(25)27-9)14(18(26)28-10)12-16(15)24-31-21(5,6)22(7,8)32-24/h13-14H,11-12H2,1-10H3/t13-,14+. The van der Waals surface area contributed by atoms with E-state index in [-0.39, 0.29) is 12.8 Å². The number of hydrogen-bond acceptors (Lipinski definition) is 8. The maximum absolute atomic E-state index is 12.7. The molecule has 2 saturated heterocycles. The second-order valence-corrected chi connectivity index (χ2v) is 10.9. The van der Waals surface area contributed by atoms with Gasteiger partial charge in [-0.3, -0.25) is 9.59 Å². The van der Waals surface area contributed by atoms with E-state index in [1.54, 1.807) is 0 Å². The Bertz CT molecular complexity index is 719. The number of allylic oxidation sites excluding steroid dienone is 2. The van der Waals surface area contributed by atoms with Crippen LogP contribution in [0.5, 0.6) is 0 Å². The van der Waals surface area contributed by atoms with Crippen LogP contribution in [0.2, 0.25) is 0 Å². The summed E-state index contributed by atoms with van der Waals surface area (Å²) in [5, 5.41) is 0. The molecule has 178 valence electrons. The van der Waals surface area contributed by atoms with E-state index in [0.29, 0.717) is 0 Å². The molecule has 0 bridgehead atoms. The number of carbonyl (C=O) groups is 2. The fourth-order valence-corrected chi connectivity index (χ4v) is 4.28. The number of esters is 2. The molecule has 1 aliphatic carbocycles. The molecule has 0 amide bonds. The molecule has 0 aromatic heterocycles.